The first kappa shape index (κ1) is 7.50. The van der Waals surface area contributed by atoms with Gasteiger partial charge in [0.05, 0.1) is 4.99 Å². The summed E-state index contributed by atoms with van der Waals surface area (Å²) >= 11 is 5.30. The molecule has 0 aromatic rings. The fraction of sp³-hybridized carbons (Fsp3) is 0.875. The predicted octanol–water partition coefficient (Wildman–Crippen LogP) is 0.771. The van der Waals surface area contributed by atoms with Crippen LogP contribution in [0.25, 0.3) is 0 Å². The number of nitrogens with zero attached hydrogens (tertiary/aromatic N) is 1. The average Bonchev–Trinajstić information content (AvgIpc) is 2.06. The molecule has 2 fully saturated rings. The van der Waals surface area contributed by atoms with Gasteiger partial charge in [-0.2, -0.15) is 0 Å². The summed E-state index contributed by atoms with van der Waals surface area (Å²) in [6, 6.07) is 0.713. The van der Waals surface area contributed by atoms with Gasteiger partial charge in [-0.15, -0.1) is 0 Å². The Kier molecular flexibility index (Phi) is 2.09. The molecule has 2 rings (SSSR count). The lowest BCUT2D eigenvalue weighted by Crippen LogP contribution is -2.54. The highest BCUT2D eigenvalue weighted by Crippen LogP contribution is 2.19. The lowest BCUT2D eigenvalue weighted by atomic mass is 10.0. The Bertz CT molecular complexity index is 167. The molecule has 0 aromatic carbocycles. The lowest BCUT2D eigenvalue weighted by Gasteiger charge is -2.41. The number of piperazine rings is 1. The van der Waals surface area contributed by atoms with Crippen molar-refractivity contribution in [3.63, 3.8) is 0 Å². The molecule has 0 aromatic heterocycles. The van der Waals surface area contributed by atoms with E-state index in [2.05, 4.69) is 10.2 Å². The number of nitrogens with one attached hydrogen (secondary N) is 1. The van der Waals surface area contributed by atoms with Crippen LogP contribution in [0.15, 0.2) is 0 Å². The Hall–Kier alpha value is -0.150. The highest BCUT2D eigenvalue weighted by Gasteiger charge is 2.26. The molecular formula is C8H14N2S. The summed E-state index contributed by atoms with van der Waals surface area (Å²) in [5.41, 5.74) is 0. The van der Waals surface area contributed by atoms with Crippen molar-refractivity contribution in [2.45, 2.75) is 25.3 Å². The molecule has 0 saturated carbocycles. The SMILES string of the molecule is S=C1CCCC2CNCCN12. The van der Waals surface area contributed by atoms with Gasteiger partial charge in [0.25, 0.3) is 0 Å². The van der Waals surface area contributed by atoms with Gasteiger partial charge in [-0.25, -0.2) is 0 Å². The van der Waals surface area contributed by atoms with Gasteiger partial charge < -0.3 is 10.2 Å². The maximum atomic E-state index is 5.30. The quantitative estimate of drug-likeness (QED) is 0.541. The Morgan fingerprint density at radius 1 is 1.55 bits per heavy atom. The zero-order valence-corrected chi connectivity index (χ0v) is 7.49. The number of thiocarbonyl (C=S) groups is 1. The third-order valence-electron chi connectivity index (χ3n) is 2.60. The van der Waals surface area contributed by atoms with Crippen LogP contribution in [-0.4, -0.2) is 35.6 Å². The molecule has 2 aliphatic heterocycles. The minimum absolute atomic E-state index is 0.713. The predicted molar refractivity (Wildman–Crippen MR) is 49.8 cm³/mol. The molecule has 62 valence electrons. The van der Waals surface area contributed by atoms with Crippen molar-refractivity contribution in [2.75, 3.05) is 19.6 Å². The molecule has 0 spiro atoms. The van der Waals surface area contributed by atoms with Gasteiger partial charge in [0, 0.05) is 25.7 Å². The molecule has 1 N–H and O–H groups in total. The van der Waals surface area contributed by atoms with Gasteiger partial charge in [0.1, 0.15) is 0 Å². The van der Waals surface area contributed by atoms with Crippen molar-refractivity contribution in [1.29, 1.82) is 0 Å². The average molecular weight is 170 g/mol. The number of hydrogen-bond acceptors (Lipinski definition) is 2. The molecule has 3 heteroatoms. The maximum absolute atomic E-state index is 5.30. The number of rotatable bonds is 0. The molecule has 0 bridgehead atoms. The molecule has 0 radical (unpaired) electrons. The molecule has 2 saturated heterocycles. The van der Waals surface area contributed by atoms with Gasteiger partial charge in [0.2, 0.25) is 0 Å². The third kappa shape index (κ3) is 1.40. The summed E-state index contributed by atoms with van der Waals surface area (Å²) in [5.74, 6) is 0. The van der Waals surface area contributed by atoms with Crippen molar-refractivity contribution in [1.82, 2.24) is 10.2 Å². The van der Waals surface area contributed by atoms with E-state index in [0.717, 1.165) is 26.1 Å². The van der Waals surface area contributed by atoms with Crippen LogP contribution >= 0.6 is 12.2 Å². The van der Waals surface area contributed by atoms with Crippen LogP contribution < -0.4 is 5.32 Å². The molecule has 1 atom stereocenters. The van der Waals surface area contributed by atoms with Crippen LogP contribution in [0.1, 0.15) is 19.3 Å². The zero-order chi connectivity index (χ0) is 7.68. The van der Waals surface area contributed by atoms with Crippen molar-refractivity contribution in [3.8, 4) is 0 Å². The number of piperidine rings is 1. The van der Waals surface area contributed by atoms with E-state index in [1.54, 1.807) is 0 Å². The molecule has 2 nitrogen and oxygen atoms in total. The summed E-state index contributed by atoms with van der Waals surface area (Å²) in [4.78, 5) is 3.61. The van der Waals surface area contributed by atoms with Crippen LogP contribution in [0, 0.1) is 0 Å². The first-order chi connectivity index (χ1) is 5.38. The van der Waals surface area contributed by atoms with Crippen molar-refractivity contribution in [3.05, 3.63) is 0 Å². The van der Waals surface area contributed by atoms with Crippen LogP contribution in [0.2, 0.25) is 0 Å². The van der Waals surface area contributed by atoms with Gasteiger partial charge in [-0.05, 0) is 19.3 Å². The van der Waals surface area contributed by atoms with E-state index in [-0.39, 0.29) is 0 Å². The zero-order valence-electron chi connectivity index (χ0n) is 6.68. The second-order valence-corrected chi connectivity index (χ2v) is 3.81. The van der Waals surface area contributed by atoms with Crippen LogP contribution in [0.4, 0.5) is 0 Å². The molecule has 1 unspecified atom stereocenters. The summed E-state index contributed by atoms with van der Waals surface area (Å²) < 4.78 is 0. The largest absolute Gasteiger partial charge is 0.361 e. The molecule has 11 heavy (non-hydrogen) atoms. The van der Waals surface area contributed by atoms with Gasteiger partial charge in [-0.3, -0.25) is 0 Å². The van der Waals surface area contributed by atoms with Crippen molar-refractivity contribution < 1.29 is 0 Å². The number of fused-ring (bicyclic) bond motifs is 1. The Morgan fingerprint density at radius 3 is 3.27 bits per heavy atom. The maximum Gasteiger partial charge on any atom is 0.0782 e. The standard InChI is InChI=1S/C8H14N2S/c11-8-3-1-2-7-6-9-4-5-10(7)8/h7,9H,1-6H2. The first-order valence-electron chi connectivity index (χ1n) is 4.38. The summed E-state index contributed by atoms with van der Waals surface area (Å²) in [7, 11) is 0. The molecule has 0 aliphatic carbocycles. The monoisotopic (exact) mass is 170 g/mol. The lowest BCUT2D eigenvalue weighted by molar-refractivity contribution is 0.225. The second kappa shape index (κ2) is 3.07. The molecule has 0 amide bonds. The van der Waals surface area contributed by atoms with Crippen molar-refractivity contribution in [2.24, 2.45) is 0 Å². The molecular weight excluding hydrogens is 156 g/mol. The fourth-order valence-electron chi connectivity index (χ4n) is 1.98. The van der Waals surface area contributed by atoms with Crippen LogP contribution in [0.5, 0.6) is 0 Å². The third-order valence-corrected chi connectivity index (χ3v) is 3.04. The van der Waals surface area contributed by atoms with Crippen LogP contribution in [0.3, 0.4) is 0 Å². The fourth-order valence-corrected chi connectivity index (χ4v) is 2.36. The summed E-state index contributed by atoms with van der Waals surface area (Å²) in [6.45, 7) is 3.38. The van der Waals surface area contributed by atoms with Gasteiger partial charge in [-0.1, -0.05) is 12.2 Å². The first-order valence-corrected chi connectivity index (χ1v) is 4.79. The topological polar surface area (TPSA) is 15.3 Å². The van der Waals surface area contributed by atoms with E-state index in [9.17, 15) is 0 Å². The van der Waals surface area contributed by atoms with E-state index in [4.69, 9.17) is 12.2 Å². The molecule has 2 heterocycles. The Labute approximate surface area is 73.0 Å². The van der Waals surface area contributed by atoms with E-state index >= 15 is 0 Å². The smallest absolute Gasteiger partial charge is 0.0782 e. The van der Waals surface area contributed by atoms with Gasteiger partial charge >= 0.3 is 0 Å². The van der Waals surface area contributed by atoms with E-state index in [0.29, 0.717) is 6.04 Å². The highest BCUT2D eigenvalue weighted by molar-refractivity contribution is 7.80. The minimum Gasteiger partial charge on any atom is -0.361 e. The Balaban J connectivity index is 2.05. The second-order valence-electron chi connectivity index (χ2n) is 3.34. The highest BCUT2D eigenvalue weighted by atomic mass is 32.1. The van der Waals surface area contributed by atoms with Gasteiger partial charge in [0.15, 0.2) is 0 Å². The van der Waals surface area contributed by atoms with E-state index < -0.39 is 0 Å². The number of hydrogen-bond donors (Lipinski definition) is 1. The summed E-state index contributed by atoms with van der Waals surface area (Å²) in [5, 5.41) is 3.40. The van der Waals surface area contributed by atoms with E-state index in [1.165, 1.54) is 17.8 Å². The van der Waals surface area contributed by atoms with Crippen molar-refractivity contribution >= 4 is 17.2 Å². The van der Waals surface area contributed by atoms with Crippen LogP contribution in [-0.2, 0) is 0 Å². The molecule has 2 aliphatic rings. The Morgan fingerprint density at radius 2 is 2.45 bits per heavy atom. The summed E-state index contributed by atoms with van der Waals surface area (Å²) in [6.07, 6.45) is 3.76. The van der Waals surface area contributed by atoms with E-state index in [1.807, 2.05) is 0 Å². The normalized spacial score (nSPS) is 31.8. The minimum atomic E-state index is 0.713.